The summed E-state index contributed by atoms with van der Waals surface area (Å²) in [5.41, 5.74) is 0. The molecule has 0 fully saturated rings. The maximum atomic E-state index is 5.18. The molecule has 1 unspecified atom stereocenters. The predicted molar refractivity (Wildman–Crippen MR) is 113 cm³/mol. The van der Waals surface area contributed by atoms with Crippen molar-refractivity contribution in [2.75, 3.05) is 20.3 Å². The minimum atomic E-state index is 0. The van der Waals surface area contributed by atoms with Gasteiger partial charge in [-0.2, -0.15) is 0 Å². The first-order chi connectivity index (χ1) is 11.6. The number of methoxy groups -OCH3 is 1. The first kappa shape index (κ1) is 21.8. The van der Waals surface area contributed by atoms with E-state index < -0.39 is 0 Å². The highest BCUT2D eigenvalue weighted by Crippen LogP contribution is 2.08. The van der Waals surface area contributed by atoms with Gasteiger partial charge in [0.05, 0.1) is 6.61 Å². The van der Waals surface area contributed by atoms with Crippen LogP contribution >= 0.6 is 35.3 Å². The molecule has 2 N–H and O–H groups in total. The van der Waals surface area contributed by atoms with Gasteiger partial charge in [-0.15, -0.1) is 45.5 Å². The van der Waals surface area contributed by atoms with Crippen molar-refractivity contribution in [3.05, 3.63) is 34.0 Å². The van der Waals surface area contributed by atoms with Gasteiger partial charge in [0.2, 0.25) is 0 Å². The molecule has 2 heterocycles. The van der Waals surface area contributed by atoms with E-state index in [0.29, 0.717) is 13.2 Å². The second-order valence-electron chi connectivity index (χ2n) is 5.64. The van der Waals surface area contributed by atoms with Crippen molar-refractivity contribution in [3.8, 4) is 0 Å². The molecule has 0 bridgehead atoms. The Morgan fingerprint density at radius 1 is 1.44 bits per heavy atom. The van der Waals surface area contributed by atoms with E-state index in [9.17, 15) is 0 Å². The van der Waals surface area contributed by atoms with Crippen LogP contribution in [0.2, 0.25) is 0 Å². The molecule has 2 rings (SSSR count). The van der Waals surface area contributed by atoms with E-state index >= 15 is 0 Å². The zero-order chi connectivity index (χ0) is 17.4. The van der Waals surface area contributed by atoms with Crippen LogP contribution in [-0.2, 0) is 24.8 Å². The van der Waals surface area contributed by atoms with E-state index in [2.05, 4.69) is 50.3 Å². The summed E-state index contributed by atoms with van der Waals surface area (Å²) >= 11 is 1.77. The van der Waals surface area contributed by atoms with Crippen molar-refractivity contribution in [2.24, 2.45) is 12.0 Å². The molecule has 0 aliphatic carbocycles. The fourth-order valence-electron chi connectivity index (χ4n) is 2.18. The van der Waals surface area contributed by atoms with E-state index in [1.165, 1.54) is 4.88 Å². The maximum absolute atomic E-state index is 5.18. The second-order valence-corrected chi connectivity index (χ2v) is 6.68. The summed E-state index contributed by atoms with van der Waals surface area (Å²) in [6.45, 7) is 5.91. The van der Waals surface area contributed by atoms with Crippen LogP contribution in [0.25, 0.3) is 0 Å². The van der Waals surface area contributed by atoms with Gasteiger partial charge in [-0.3, -0.25) is 0 Å². The number of aryl methyl sites for hydroxylation is 1. The molecule has 0 radical (unpaired) electrons. The van der Waals surface area contributed by atoms with Crippen LogP contribution in [-0.4, -0.2) is 47.0 Å². The average Bonchev–Trinajstić information content (AvgIpc) is 3.17. The molecule has 140 valence electrons. The predicted octanol–water partition coefficient (Wildman–Crippen LogP) is 2.12. The van der Waals surface area contributed by atoms with Crippen LogP contribution < -0.4 is 10.6 Å². The summed E-state index contributed by atoms with van der Waals surface area (Å²) in [7, 11) is 3.65. The molecule has 2 aromatic rings. The Labute approximate surface area is 170 Å². The highest BCUT2D eigenvalue weighted by atomic mass is 127. The smallest absolute Gasteiger partial charge is 0.192 e. The van der Waals surface area contributed by atoms with Gasteiger partial charge in [-0.05, 0) is 31.7 Å². The number of ether oxygens (including phenoxy) is 1. The molecule has 25 heavy (non-hydrogen) atoms. The highest BCUT2D eigenvalue weighted by Gasteiger charge is 2.08. The minimum absolute atomic E-state index is 0. The molecule has 0 aromatic carbocycles. The molecule has 0 amide bonds. The zero-order valence-electron chi connectivity index (χ0n) is 15.2. The number of hydrogen-bond acceptors (Lipinski definition) is 5. The molecule has 0 aliphatic heterocycles. The van der Waals surface area contributed by atoms with E-state index in [1.54, 1.807) is 18.4 Å². The lowest BCUT2D eigenvalue weighted by molar-refractivity contribution is 0.179. The second kappa shape index (κ2) is 11.4. The molecular formula is C16H27IN6OS. The van der Waals surface area contributed by atoms with Gasteiger partial charge in [0, 0.05) is 31.6 Å². The van der Waals surface area contributed by atoms with E-state index in [1.807, 2.05) is 18.5 Å². The third kappa shape index (κ3) is 7.28. The lowest BCUT2D eigenvalue weighted by atomic mass is 10.3. The number of halogens is 1. The van der Waals surface area contributed by atoms with Crippen molar-refractivity contribution in [1.29, 1.82) is 0 Å². The lowest BCUT2D eigenvalue weighted by Crippen LogP contribution is -2.44. The van der Waals surface area contributed by atoms with Crippen molar-refractivity contribution in [3.63, 3.8) is 0 Å². The van der Waals surface area contributed by atoms with E-state index in [4.69, 9.17) is 4.74 Å². The Balaban J connectivity index is 0.00000312. The number of nitrogens with one attached hydrogen (secondary N) is 2. The molecule has 9 heteroatoms. The SMILES string of the molecule is COCC(C)NC(=NCc1nnc(C)n1C)NCCc1cccs1.I. The largest absolute Gasteiger partial charge is 0.383 e. The minimum Gasteiger partial charge on any atom is -0.383 e. The highest BCUT2D eigenvalue weighted by molar-refractivity contribution is 14.0. The fourth-order valence-corrected chi connectivity index (χ4v) is 2.88. The van der Waals surface area contributed by atoms with Crippen molar-refractivity contribution < 1.29 is 4.74 Å². The fraction of sp³-hybridized carbons (Fsp3) is 0.562. The van der Waals surface area contributed by atoms with Crippen LogP contribution in [0.15, 0.2) is 22.5 Å². The number of hydrogen-bond donors (Lipinski definition) is 2. The summed E-state index contributed by atoms with van der Waals surface area (Å²) in [5.74, 6) is 2.48. The summed E-state index contributed by atoms with van der Waals surface area (Å²) in [6, 6.07) is 4.39. The van der Waals surface area contributed by atoms with Gasteiger partial charge in [0.25, 0.3) is 0 Å². The molecule has 2 aromatic heterocycles. The number of aliphatic imine (C=N–C) groups is 1. The normalized spacial score (nSPS) is 12.6. The standard InChI is InChI=1S/C16H26N6OS.HI/c1-12(11-23-4)19-16(17-8-7-14-6-5-9-24-14)18-10-15-21-20-13(2)22(15)3;/h5-6,9,12H,7-8,10-11H2,1-4H3,(H2,17,18,19);1H. The average molecular weight is 478 g/mol. The van der Waals surface area contributed by atoms with Gasteiger partial charge in [-0.1, -0.05) is 6.07 Å². The molecule has 0 aliphatic rings. The van der Waals surface area contributed by atoms with Crippen LogP contribution in [0.3, 0.4) is 0 Å². The topological polar surface area (TPSA) is 76.4 Å². The van der Waals surface area contributed by atoms with Crippen LogP contribution in [0, 0.1) is 6.92 Å². The Bertz CT molecular complexity index is 643. The summed E-state index contributed by atoms with van der Waals surface area (Å²) in [6.07, 6.45) is 0.972. The third-order valence-electron chi connectivity index (χ3n) is 3.61. The third-order valence-corrected chi connectivity index (χ3v) is 4.54. The first-order valence-electron chi connectivity index (χ1n) is 8.01. The number of thiophene rings is 1. The lowest BCUT2D eigenvalue weighted by Gasteiger charge is -2.17. The van der Waals surface area contributed by atoms with E-state index in [0.717, 1.165) is 30.6 Å². The Morgan fingerprint density at radius 3 is 2.84 bits per heavy atom. The summed E-state index contributed by atoms with van der Waals surface area (Å²) < 4.78 is 7.13. The van der Waals surface area contributed by atoms with Crippen LogP contribution in [0.4, 0.5) is 0 Å². The summed E-state index contributed by atoms with van der Waals surface area (Å²) in [4.78, 5) is 5.99. The van der Waals surface area contributed by atoms with Crippen molar-refractivity contribution in [2.45, 2.75) is 32.9 Å². The molecule has 7 nitrogen and oxygen atoms in total. The molecule has 0 spiro atoms. The van der Waals surface area contributed by atoms with Crippen LogP contribution in [0.1, 0.15) is 23.4 Å². The number of nitrogens with zero attached hydrogens (tertiary/aromatic N) is 4. The van der Waals surface area contributed by atoms with Crippen molar-refractivity contribution >= 4 is 41.3 Å². The molecule has 1 atom stereocenters. The Hall–Kier alpha value is -1.20. The molecular weight excluding hydrogens is 451 g/mol. The van der Waals surface area contributed by atoms with E-state index in [-0.39, 0.29) is 30.0 Å². The molecule has 0 saturated carbocycles. The number of aromatic nitrogens is 3. The number of rotatable bonds is 8. The van der Waals surface area contributed by atoms with Crippen molar-refractivity contribution in [1.82, 2.24) is 25.4 Å². The monoisotopic (exact) mass is 478 g/mol. The number of guanidine groups is 1. The molecule has 0 saturated heterocycles. The summed E-state index contributed by atoms with van der Waals surface area (Å²) in [5, 5.41) is 17.0. The van der Waals surface area contributed by atoms with Crippen LogP contribution in [0.5, 0.6) is 0 Å². The van der Waals surface area contributed by atoms with Gasteiger partial charge < -0.3 is 19.9 Å². The first-order valence-corrected chi connectivity index (χ1v) is 8.89. The maximum Gasteiger partial charge on any atom is 0.192 e. The zero-order valence-corrected chi connectivity index (χ0v) is 18.3. The van der Waals surface area contributed by atoms with Gasteiger partial charge in [-0.25, -0.2) is 4.99 Å². The quantitative estimate of drug-likeness (QED) is 0.346. The van der Waals surface area contributed by atoms with Gasteiger partial charge in [0.15, 0.2) is 11.8 Å². The Morgan fingerprint density at radius 2 is 2.24 bits per heavy atom. The Kier molecular flexibility index (Phi) is 9.98. The van der Waals surface area contributed by atoms with Gasteiger partial charge >= 0.3 is 0 Å². The van der Waals surface area contributed by atoms with Gasteiger partial charge in [0.1, 0.15) is 12.4 Å².